The van der Waals surface area contributed by atoms with Gasteiger partial charge in [-0.1, -0.05) is 35.3 Å². The van der Waals surface area contributed by atoms with Crippen molar-refractivity contribution in [2.24, 2.45) is 5.73 Å². The fourth-order valence-corrected chi connectivity index (χ4v) is 2.47. The minimum atomic E-state index is -0.994. The number of benzene rings is 2. The van der Waals surface area contributed by atoms with Crippen molar-refractivity contribution in [1.29, 1.82) is 0 Å². The van der Waals surface area contributed by atoms with Crippen molar-refractivity contribution in [3.63, 3.8) is 0 Å². The van der Waals surface area contributed by atoms with E-state index >= 15 is 0 Å². The fraction of sp³-hybridized carbons (Fsp3) is 0.200. The minimum absolute atomic E-state index is 0.0112. The smallest absolute Gasteiger partial charge is 0.163 e. The molecule has 21 heavy (non-hydrogen) atoms. The van der Waals surface area contributed by atoms with Gasteiger partial charge in [0.25, 0.3) is 0 Å². The molecule has 2 rings (SSSR count). The molecule has 0 bridgehead atoms. The van der Waals surface area contributed by atoms with Crippen LogP contribution in [0.15, 0.2) is 30.3 Å². The van der Waals surface area contributed by atoms with Crippen LogP contribution in [0, 0.1) is 11.6 Å². The summed E-state index contributed by atoms with van der Waals surface area (Å²) in [6.45, 7) is 2.24. The third kappa shape index (κ3) is 3.28. The first-order chi connectivity index (χ1) is 9.95. The first kappa shape index (κ1) is 16.0. The molecule has 0 fully saturated rings. The molecule has 0 saturated heterocycles. The van der Waals surface area contributed by atoms with E-state index in [1.165, 1.54) is 24.3 Å². The molecule has 0 aliphatic rings. The van der Waals surface area contributed by atoms with E-state index < -0.39 is 17.7 Å². The molecule has 0 radical (unpaired) electrons. The summed E-state index contributed by atoms with van der Waals surface area (Å²) in [6, 6.07) is 5.91. The minimum Gasteiger partial charge on any atom is -0.492 e. The molecule has 6 heteroatoms. The van der Waals surface area contributed by atoms with Gasteiger partial charge in [0, 0.05) is 16.7 Å². The normalized spacial score (nSPS) is 12.3. The maximum absolute atomic E-state index is 13.8. The second-order valence-electron chi connectivity index (χ2n) is 4.36. The van der Waals surface area contributed by atoms with Gasteiger partial charge in [0.1, 0.15) is 5.75 Å². The maximum atomic E-state index is 13.8. The van der Waals surface area contributed by atoms with Crippen LogP contribution in [0.1, 0.15) is 24.1 Å². The SMILES string of the molecule is CCOc1cc(Cl)c(C(N)c2cccc(F)c2F)cc1Cl. The van der Waals surface area contributed by atoms with E-state index in [0.717, 1.165) is 6.07 Å². The van der Waals surface area contributed by atoms with Crippen LogP contribution in [0.2, 0.25) is 10.0 Å². The third-order valence-electron chi connectivity index (χ3n) is 3.00. The summed E-state index contributed by atoms with van der Waals surface area (Å²) in [5, 5.41) is 0.586. The molecule has 0 aliphatic heterocycles. The first-order valence-electron chi connectivity index (χ1n) is 6.27. The molecule has 2 nitrogen and oxygen atoms in total. The Morgan fingerprint density at radius 3 is 2.52 bits per heavy atom. The van der Waals surface area contributed by atoms with Crippen LogP contribution >= 0.6 is 23.2 Å². The Hall–Kier alpha value is -1.36. The van der Waals surface area contributed by atoms with Crippen LogP contribution in [0.5, 0.6) is 5.75 Å². The first-order valence-corrected chi connectivity index (χ1v) is 7.02. The molecule has 2 N–H and O–H groups in total. The molecule has 1 unspecified atom stereocenters. The molecular weight excluding hydrogens is 319 g/mol. The topological polar surface area (TPSA) is 35.2 Å². The van der Waals surface area contributed by atoms with Gasteiger partial charge in [0.15, 0.2) is 11.6 Å². The summed E-state index contributed by atoms with van der Waals surface area (Å²) >= 11 is 12.2. The van der Waals surface area contributed by atoms with Gasteiger partial charge < -0.3 is 10.5 Å². The molecule has 2 aromatic rings. The Morgan fingerprint density at radius 2 is 1.86 bits per heavy atom. The van der Waals surface area contributed by atoms with Gasteiger partial charge in [0.05, 0.1) is 17.7 Å². The Labute approximate surface area is 131 Å². The van der Waals surface area contributed by atoms with E-state index in [9.17, 15) is 8.78 Å². The van der Waals surface area contributed by atoms with Crippen molar-refractivity contribution in [1.82, 2.24) is 0 Å². The Morgan fingerprint density at radius 1 is 1.14 bits per heavy atom. The van der Waals surface area contributed by atoms with E-state index in [-0.39, 0.29) is 10.6 Å². The predicted molar refractivity (Wildman–Crippen MR) is 80.0 cm³/mol. The van der Waals surface area contributed by atoms with Crippen LogP contribution in [0.25, 0.3) is 0 Å². The molecule has 0 spiro atoms. The van der Waals surface area contributed by atoms with Gasteiger partial charge in [0.2, 0.25) is 0 Å². The molecule has 0 heterocycles. The monoisotopic (exact) mass is 331 g/mol. The van der Waals surface area contributed by atoms with Crippen LogP contribution in [0.3, 0.4) is 0 Å². The van der Waals surface area contributed by atoms with E-state index in [1.807, 2.05) is 6.92 Å². The summed E-state index contributed by atoms with van der Waals surface area (Å²) in [7, 11) is 0. The standard InChI is InChI=1S/C15H13Cl2F2NO/c1-2-21-13-7-10(16)9(6-11(13)17)15(20)8-4-3-5-12(18)14(8)19/h3-7,15H,2,20H2,1H3. The molecule has 0 aliphatic carbocycles. The van der Waals surface area contributed by atoms with Crippen LogP contribution in [0.4, 0.5) is 8.78 Å². The molecule has 0 saturated carbocycles. The third-order valence-corrected chi connectivity index (χ3v) is 3.63. The van der Waals surface area contributed by atoms with Crippen molar-refractivity contribution in [3.8, 4) is 5.75 Å². The van der Waals surface area contributed by atoms with Crippen molar-refractivity contribution in [2.75, 3.05) is 6.61 Å². The lowest BCUT2D eigenvalue weighted by Crippen LogP contribution is -2.15. The lowest BCUT2D eigenvalue weighted by Gasteiger charge is -2.17. The lowest BCUT2D eigenvalue weighted by atomic mass is 9.98. The highest BCUT2D eigenvalue weighted by atomic mass is 35.5. The number of ether oxygens (including phenoxy) is 1. The summed E-state index contributed by atoms with van der Waals surface area (Å²) in [6.07, 6.45) is 0. The summed E-state index contributed by atoms with van der Waals surface area (Å²) < 4.78 is 32.4. The average Bonchev–Trinajstić information content (AvgIpc) is 2.45. The van der Waals surface area contributed by atoms with Crippen LogP contribution in [-0.4, -0.2) is 6.61 Å². The second-order valence-corrected chi connectivity index (χ2v) is 5.17. The van der Waals surface area contributed by atoms with Crippen molar-refractivity contribution < 1.29 is 13.5 Å². The zero-order valence-electron chi connectivity index (χ0n) is 11.2. The van der Waals surface area contributed by atoms with Crippen molar-refractivity contribution in [2.45, 2.75) is 13.0 Å². The highest BCUT2D eigenvalue weighted by Gasteiger charge is 2.20. The Bertz CT molecular complexity index is 664. The Kier molecular flexibility index (Phi) is 5.04. The van der Waals surface area contributed by atoms with Crippen molar-refractivity contribution in [3.05, 3.63) is 63.1 Å². The lowest BCUT2D eigenvalue weighted by molar-refractivity contribution is 0.340. The van der Waals surface area contributed by atoms with Crippen LogP contribution in [-0.2, 0) is 0 Å². The summed E-state index contributed by atoms with van der Waals surface area (Å²) in [5.41, 5.74) is 6.40. The molecule has 0 amide bonds. The van der Waals surface area contributed by atoms with Crippen LogP contribution < -0.4 is 10.5 Å². The van der Waals surface area contributed by atoms with Crippen molar-refractivity contribution >= 4 is 23.2 Å². The number of nitrogens with two attached hydrogens (primary N) is 1. The fourth-order valence-electron chi connectivity index (χ4n) is 1.98. The van der Waals surface area contributed by atoms with Gasteiger partial charge in [-0.15, -0.1) is 0 Å². The molecule has 1 atom stereocenters. The Balaban J connectivity index is 2.46. The average molecular weight is 332 g/mol. The van der Waals surface area contributed by atoms with E-state index in [2.05, 4.69) is 0 Å². The number of hydrogen-bond donors (Lipinski definition) is 1. The quantitative estimate of drug-likeness (QED) is 0.879. The highest BCUT2D eigenvalue weighted by molar-refractivity contribution is 6.34. The largest absolute Gasteiger partial charge is 0.492 e. The molecule has 2 aromatic carbocycles. The van der Waals surface area contributed by atoms with Gasteiger partial charge in [-0.3, -0.25) is 0 Å². The van der Waals surface area contributed by atoms with Gasteiger partial charge in [-0.05, 0) is 24.6 Å². The summed E-state index contributed by atoms with van der Waals surface area (Å²) in [4.78, 5) is 0. The molecular formula is C15H13Cl2F2NO. The number of rotatable bonds is 4. The zero-order valence-corrected chi connectivity index (χ0v) is 12.7. The zero-order chi connectivity index (χ0) is 15.6. The van der Waals surface area contributed by atoms with E-state index in [4.69, 9.17) is 33.7 Å². The predicted octanol–water partition coefficient (Wildman–Crippen LogP) is 4.72. The van der Waals surface area contributed by atoms with Gasteiger partial charge in [-0.2, -0.15) is 0 Å². The number of hydrogen-bond acceptors (Lipinski definition) is 2. The van der Waals surface area contributed by atoms with E-state index in [1.54, 1.807) is 0 Å². The number of halogens is 4. The van der Waals surface area contributed by atoms with Gasteiger partial charge in [-0.25, -0.2) is 8.78 Å². The van der Waals surface area contributed by atoms with Gasteiger partial charge >= 0.3 is 0 Å². The highest BCUT2D eigenvalue weighted by Crippen LogP contribution is 2.36. The summed E-state index contributed by atoms with van der Waals surface area (Å²) in [5.74, 6) is -1.54. The second kappa shape index (κ2) is 6.60. The van der Waals surface area contributed by atoms with E-state index in [0.29, 0.717) is 22.9 Å². The molecule has 0 aromatic heterocycles. The maximum Gasteiger partial charge on any atom is 0.163 e. The molecule has 112 valence electrons.